The molecule has 0 saturated heterocycles. The topological polar surface area (TPSA) is 229 Å². The summed E-state index contributed by atoms with van der Waals surface area (Å²) >= 11 is 1.40. The van der Waals surface area contributed by atoms with E-state index in [1.165, 1.54) is 11.3 Å². The van der Waals surface area contributed by atoms with E-state index >= 15 is 0 Å². The van der Waals surface area contributed by atoms with Gasteiger partial charge in [-0.05, 0) is 70.7 Å². The van der Waals surface area contributed by atoms with Gasteiger partial charge in [0.1, 0.15) is 36.0 Å². The van der Waals surface area contributed by atoms with Crippen LogP contribution in [0.4, 0.5) is 0 Å². The quantitative estimate of drug-likeness (QED) is 0.0798. The fraction of sp³-hybridized carbons (Fsp3) is 0.271. The number of aliphatic carboxylic acids is 2. The number of ether oxygens (including phenoxy) is 1. The van der Waals surface area contributed by atoms with Crippen LogP contribution in [0.25, 0.3) is 11.1 Å². The average Bonchev–Trinajstić information content (AvgIpc) is 3.81. The molecule has 2 aliphatic heterocycles. The van der Waals surface area contributed by atoms with Crippen molar-refractivity contribution in [3.63, 3.8) is 0 Å². The lowest BCUT2D eigenvalue weighted by atomic mass is 9.99. The van der Waals surface area contributed by atoms with E-state index in [9.17, 15) is 43.8 Å². The number of benzene rings is 4. The second-order valence-corrected chi connectivity index (χ2v) is 16.4. The fourth-order valence-corrected chi connectivity index (χ4v) is 7.89. The summed E-state index contributed by atoms with van der Waals surface area (Å²) in [4.78, 5) is 94.7. The molecule has 4 aromatic carbocycles. The van der Waals surface area contributed by atoms with Gasteiger partial charge in [0, 0.05) is 30.6 Å². The molecule has 0 saturated carbocycles. The zero-order valence-electron chi connectivity index (χ0n) is 34.7. The molecule has 2 bridgehead atoms. The van der Waals surface area contributed by atoms with Crippen molar-refractivity contribution >= 4 is 52.8 Å². The van der Waals surface area contributed by atoms with Crippen LogP contribution in [0.5, 0.6) is 5.75 Å². The SMILES string of the molecule is O=C(O)CC[C@H](NC(=O)[C@@H]1Cc2ccc(cc2)OCC(=O)N[C@H](Cc2cccs2)C(=O)N[C@@H](Cc2ccc(-c3ccccc3)cc2)C(=O)N[C@H](CCc2ccccc2)C(=O)N1)C(=O)O. The summed E-state index contributed by atoms with van der Waals surface area (Å²) in [5.41, 5.74) is 3.98. The van der Waals surface area contributed by atoms with Crippen LogP contribution >= 0.6 is 11.3 Å². The van der Waals surface area contributed by atoms with Gasteiger partial charge in [0.25, 0.3) is 5.91 Å². The highest BCUT2D eigenvalue weighted by Crippen LogP contribution is 2.21. The lowest BCUT2D eigenvalue weighted by molar-refractivity contribution is -0.143. The molecule has 7 N–H and O–H groups in total. The average molecular weight is 888 g/mol. The molecule has 7 rings (SSSR count). The first-order valence-electron chi connectivity index (χ1n) is 20.8. The summed E-state index contributed by atoms with van der Waals surface area (Å²) in [6.07, 6.45) is -0.607. The van der Waals surface area contributed by atoms with E-state index in [4.69, 9.17) is 4.74 Å². The maximum absolute atomic E-state index is 14.6. The summed E-state index contributed by atoms with van der Waals surface area (Å²) in [6.45, 7) is -0.456. The minimum Gasteiger partial charge on any atom is -0.484 e. The first-order chi connectivity index (χ1) is 30.9. The lowest BCUT2D eigenvalue weighted by Gasteiger charge is -2.27. The van der Waals surface area contributed by atoms with E-state index in [2.05, 4.69) is 26.6 Å². The van der Waals surface area contributed by atoms with E-state index in [1.807, 2.05) is 102 Å². The maximum atomic E-state index is 14.6. The maximum Gasteiger partial charge on any atom is 0.326 e. The molecule has 16 heteroatoms. The van der Waals surface area contributed by atoms with Crippen LogP contribution in [0, 0.1) is 0 Å². The van der Waals surface area contributed by atoms with Gasteiger partial charge in [0.15, 0.2) is 6.61 Å². The number of nitrogens with one attached hydrogen (secondary N) is 5. The summed E-state index contributed by atoms with van der Waals surface area (Å²) in [6, 6.07) is 29.8. The second-order valence-electron chi connectivity index (χ2n) is 15.3. The predicted octanol–water partition coefficient (Wildman–Crippen LogP) is 3.84. The molecule has 0 fully saturated rings. The largest absolute Gasteiger partial charge is 0.484 e. The summed E-state index contributed by atoms with van der Waals surface area (Å²) in [5.74, 6) is -6.06. The van der Waals surface area contributed by atoms with Gasteiger partial charge in [-0.2, -0.15) is 0 Å². The van der Waals surface area contributed by atoms with Crippen LogP contribution in [0.2, 0.25) is 0 Å². The number of rotatable bonds is 14. The van der Waals surface area contributed by atoms with Crippen molar-refractivity contribution in [3.05, 3.63) is 148 Å². The van der Waals surface area contributed by atoms with Crippen molar-refractivity contribution in [2.75, 3.05) is 6.61 Å². The number of aryl methyl sites for hydroxylation is 1. The number of thiophene rings is 1. The van der Waals surface area contributed by atoms with Crippen LogP contribution in [0.3, 0.4) is 0 Å². The van der Waals surface area contributed by atoms with Gasteiger partial charge < -0.3 is 41.5 Å². The molecule has 0 radical (unpaired) electrons. The molecule has 332 valence electrons. The Labute approximate surface area is 373 Å². The van der Waals surface area contributed by atoms with E-state index in [0.29, 0.717) is 17.5 Å². The molecule has 2 aliphatic rings. The number of carboxylic acid groups (broad SMARTS) is 2. The first kappa shape index (κ1) is 46.2. The number of hydrogen-bond acceptors (Lipinski definition) is 9. The standard InChI is InChI=1S/C48H49N5O10S/c54-42-29-63-35-20-15-32(16-21-35)27-40(46(59)51-38(48(61)62)23-24-43(55)56)52-44(57)37(22-17-30-8-3-1-4-9-30)50-45(58)39(53-47(60)41(49-42)28-36-12-7-25-64-36)26-31-13-18-34(19-14-31)33-10-5-2-6-11-33/h1-16,18-21,25,37-41H,17,22-24,26-29H2,(H,49,54)(H,50,58)(H,51,59)(H,52,57)(H,53,60)(H,55,56)(H,61,62)/t37-,38+,39+,40+,41-/m1/s1. The monoisotopic (exact) mass is 887 g/mol. The molecule has 64 heavy (non-hydrogen) atoms. The van der Waals surface area contributed by atoms with Crippen LogP contribution < -0.4 is 31.3 Å². The Morgan fingerprint density at radius 1 is 0.672 bits per heavy atom. The highest BCUT2D eigenvalue weighted by molar-refractivity contribution is 7.09. The molecule has 5 amide bonds. The molecule has 15 nitrogen and oxygen atoms in total. The van der Waals surface area contributed by atoms with Crippen molar-refractivity contribution in [3.8, 4) is 16.9 Å². The van der Waals surface area contributed by atoms with Gasteiger partial charge >= 0.3 is 11.9 Å². The third kappa shape index (κ3) is 13.8. The number of amides is 5. The zero-order valence-corrected chi connectivity index (χ0v) is 35.6. The minimum atomic E-state index is -1.58. The van der Waals surface area contributed by atoms with Crippen LogP contribution in [0.15, 0.2) is 127 Å². The molecular formula is C48H49N5O10S. The molecule has 0 unspecified atom stereocenters. The lowest BCUT2D eigenvalue weighted by Crippen LogP contribution is -2.59. The van der Waals surface area contributed by atoms with Crippen molar-refractivity contribution in [2.24, 2.45) is 0 Å². The van der Waals surface area contributed by atoms with Crippen LogP contribution in [0.1, 0.15) is 40.8 Å². The number of fused-ring (bicyclic) bond motifs is 16. The molecule has 1 aromatic heterocycles. The summed E-state index contributed by atoms with van der Waals surface area (Å²) in [7, 11) is 0. The Hall–Kier alpha value is -7.33. The van der Waals surface area contributed by atoms with E-state index in [0.717, 1.165) is 21.6 Å². The summed E-state index contributed by atoms with van der Waals surface area (Å²) < 4.78 is 5.74. The minimum absolute atomic E-state index is 0.00558. The Morgan fingerprint density at radius 2 is 1.30 bits per heavy atom. The molecule has 5 atom stereocenters. The summed E-state index contributed by atoms with van der Waals surface area (Å²) in [5, 5.41) is 34.4. The third-order valence-electron chi connectivity index (χ3n) is 10.6. The van der Waals surface area contributed by atoms with Gasteiger partial charge in [0.2, 0.25) is 23.6 Å². The molecule has 3 heterocycles. The number of carbonyl (C=O) groups is 7. The second kappa shape index (κ2) is 22.7. The Bertz CT molecular complexity index is 2380. The normalized spacial score (nSPS) is 18.9. The van der Waals surface area contributed by atoms with E-state index in [1.54, 1.807) is 24.3 Å². The van der Waals surface area contributed by atoms with Gasteiger partial charge in [-0.25, -0.2) is 4.79 Å². The van der Waals surface area contributed by atoms with E-state index < -0.39 is 91.1 Å². The predicted molar refractivity (Wildman–Crippen MR) is 238 cm³/mol. The van der Waals surface area contributed by atoms with E-state index in [-0.39, 0.29) is 31.4 Å². The fourth-order valence-electron chi connectivity index (χ4n) is 7.14. The van der Waals surface area contributed by atoms with Gasteiger partial charge in [-0.15, -0.1) is 11.3 Å². The zero-order chi connectivity index (χ0) is 45.4. The van der Waals surface area contributed by atoms with Crippen molar-refractivity contribution in [2.45, 2.75) is 75.2 Å². The molecular weight excluding hydrogens is 839 g/mol. The Balaban J connectivity index is 1.35. The van der Waals surface area contributed by atoms with Crippen LogP contribution in [-0.2, 0) is 59.2 Å². The number of carboxylic acids is 2. The Morgan fingerprint density at radius 3 is 1.94 bits per heavy atom. The molecule has 0 spiro atoms. The third-order valence-corrected chi connectivity index (χ3v) is 11.5. The van der Waals surface area contributed by atoms with Crippen LogP contribution in [-0.4, -0.2) is 88.5 Å². The van der Waals surface area contributed by atoms with Gasteiger partial charge in [-0.1, -0.05) is 103 Å². The number of hydrogen-bond donors (Lipinski definition) is 7. The first-order valence-corrected chi connectivity index (χ1v) is 21.7. The van der Waals surface area contributed by atoms with Crippen molar-refractivity contribution in [1.29, 1.82) is 0 Å². The molecule has 0 aliphatic carbocycles. The van der Waals surface area contributed by atoms with Crippen molar-refractivity contribution < 1.29 is 48.5 Å². The highest BCUT2D eigenvalue weighted by Gasteiger charge is 2.33. The van der Waals surface area contributed by atoms with Crippen molar-refractivity contribution in [1.82, 2.24) is 26.6 Å². The molecule has 5 aromatic rings. The Kier molecular flexibility index (Phi) is 16.4. The highest BCUT2D eigenvalue weighted by atomic mass is 32.1. The van der Waals surface area contributed by atoms with Gasteiger partial charge in [-0.3, -0.25) is 28.8 Å². The number of carbonyl (C=O) groups excluding carboxylic acids is 5. The smallest absolute Gasteiger partial charge is 0.326 e. The van der Waals surface area contributed by atoms with Gasteiger partial charge in [0.05, 0.1) is 0 Å².